The fourth-order valence-corrected chi connectivity index (χ4v) is 6.26. The third kappa shape index (κ3) is 11.2. The van der Waals surface area contributed by atoms with Crippen molar-refractivity contribution in [1.82, 2.24) is 14.8 Å². The molecule has 1 amide bonds. The van der Waals surface area contributed by atoms with Crippen molar-refractivity contribution < 1.29 is 23.4 Å². The molecule has 1 saturated heterocycles. The number of ether oxygens (including phenoxy) is 3. The van der Waals surface area contributed by atoms with Crippen LogP contribution in [0.5, 0.6) is 23.1 Å². The van der Waals surface area contributed by atoms with E-state index >= 15 is 0 Å². The molecule has 1 aliphatic heterocycles. The Labute approximate surface area is 318 Å². The zero-order valence-electron chi connectivity index (χ0n) is 30.8. The van der Waals surface area contributed by atoms with Gasteiger partial charge in [-0.3, -0.25) is 9.69 Å². The smallest absolute Gasteiger partial charge is 0.246 e. The van der Waals surface area contributed by atoms with Crippen molar-refractivity contribution in [3.05, 3.63) is 154 Å². The van der Waals surface area contributed by atoms with Gasteiger partial charge in [0, 0.05) is 51.3 Å². The van der Waals surface area contributed by atoms with Crippen molar-refractivity contribution in [1.29, 1.82) is 0 Å². The molecule has 2 heterocycles. The highest BCUT2D eigenvalue weighted by Crippen LogP contribution is 2.30. The second-order valence-corrected chi connectivity index (χ2v) is 13.4. The lowest BCUT2D eigenvalue weighted by atomic mass is 10.0. The maximum absolute atomic E-state index is 13.1. The van der Waals surface area contributed by atoms with Gasteiger partial charge in [-0.15, -0.1) is 12.4 Å². The van der Waals surface area contributed by atoms with Crippen LogP contribution in [0, 0.1) is 33.5 Å². The molecule has 276 valence electrons. The predicted molar refractivity (Wildman–Crippen MR) is 211 cm³/mol. The monoisotopic (exact) mass is 735 g/mol. The Balaban J connectivity index is 0.00000541. The molecular formula is C44H47ClFN3O4. The van der Waals surface area contributed by atoms with E-state index in [2.05, 4.69) is 54.1 Å². The second kappa shape index (κ2) is 18.5. The highest BCUT2D eigenvalue weighted by Gasteiger charge is 2.20. The lowest BCUT2D eigenvalue weighted by Crippen LogP contribution is -2.47. The van der Waals surface area contributed by atoms with Crippen LogP contribution in [0.3, 0.4) is 0 Å². The fraction of sp³-hybridized carbons (Fsp3) is 0.273. The van der Waals surface area contributed by atoms with E-state index in [9.17, 15) is 9.18 Å². The van der Waals surface area contributed by atoms with Gasteiger partial charge in [0.2, 0.25) is 11.8 Å². The number of carbonyl (C=O) groups excluding carboxylic acids is 1. The summed E-state index contributed by atoms with van der Waals surface area (Å²) in [5.74, 6) is 2.42. The van der Waals surface area contributed by atoms with E-state index in [-0.39, 0.29) is 24.1 Å². The standard InChI is InChI=1S/C44H46FN3O4.ClH/c1-31-5-14-40(15-6-31)50-24-19-35-7-11-38(32(2)25-35)29-47-20-22-48(23-21-47)43(49)18-10-37-26-33(3)44(34(4)27-37)52-42-17-16-41(28-46-42)51-30-36-8-12-39(45)13-9-36;/h5-18,25-28H,19-24,29-30H2,1-4H3;1H/b18-10+;. The third-order valence-corrected chi connectivity index (χ3v) is 9.30. The first-order valence-corrected chi connectivity index (χ1v) is 17.8. The number of amides is 1. The normalized spacial score (nSPS) is 13.1. The molecule has 0 bridgehead atoms. The Kier molecular flexibility index (Phi) is 13.7. The molecule has 7 nitrogen and oxygen atoms in total. The predicted octanol–water partition coefficient (Wildman–Crippen LogP) is 9.23. The Bertz CT molecular complexity index is 1970. The molecule has 0 spiro atoms. The minimum absolute atomic E-state index is 0. The largest absolute Gasteiger partial charge is 0.493 e. The molecule has 0 atom stereocenters. The summed E-state index contributed by atoms with van der Waals surface area (Å²) in [6.07, 6.45) is 6.02. The van der Waals surface area contributed by atoms with Crippen LogP contribution in [0.15, 0.2) is 103 Å². The van der Waals surface area contributed by atoms with Crippen LogP contribution in [-0.2, 0) is 24.4 Å². The van der Waals surface area contributed by atoms with Gasteiger partial charge in [-0.1, -0.05) is 48.0 Å². The number of carbonyl (C=O) groups is 1. The van der Waals surface area contributed by atoms with Crippen LogP contribution in [0.4, 0.5) is 4.39 Å². The zero-order chi connectivity index (χ0) is 36.5. The summed E-state index contributed by atoms with van der Waals surface area (Å²) in [5, 5.41) is 0. The van der Waals surface area contributed by atoms with Crippen LogP contribution < -0.4 is 14.2 Å². The minimum atomic E-state index is -0.277. The molecule has 1 fully saturated rings. The first-order chi connectivity index (χ1) is 25.2. The average molecular weight is 736 g/mol. The number of pyridine rings is 1. The number of benzene rings is 4. The quantitative estimate of drug-likeness (QED) is 0.112. The molecule has 0 aliphatic carbocycles. The summed E-state index contributed by atoms with van der Waals surface area (Å²) in [5.41, 5.74) is 8.80. The summed E-state index contributed by atoms with van der Waals surface area (Å²) in [7, 11) is 0. The molecule has 1 aliphatic rings. The maximum Gasteiger partial charge on any atom is 0.246 e. The minimum Gasteiger partial charge on any atom is -0.493 e. The Morgan fingerprint density at radius 2 is 1.45 bits per heavy atom. The van der Waals surface area contributed by atoms with Gasteiger partial charge in [-0.25, -0.2) is 9.37 Å². The molecule has 0 N–H and O–H groups in total. The van der Waals surface area contributed by atoms with Gasteiger partial charge in [-0.05, 0) is 115 Å². The number of halogens is 2. The number of aromatic nitrogens is 1. The maximum atomic E-state index is 13.1. The van der Waals surface area contributed by atoms with E-state index in [1.807, 2.05) is 49.1 Å². The van der Waals surface area contributed by atoms with Gasteiger partial charge < -0.3 is 19.1 Å². The summed E-state index contributed by atoms with van der Waals surface area (Å²) >= 11 is 0. The molecule has 0 saturated carbocycles. The molecule has 9 heteroatoms. The lowest BCUT2D eigenvalue weighted by Gasteiger charge is -2.34. The average Bonchev–Trinajstić information content (AvgIpc) is 3.14. The van der Waals surface area contributed by atoms with E-state index in [1.165, 1.54) is 34.4 Å². The number of hydrogen-bond acceptors (Lipinski definition) is 6. The molecule has 5 aromatic rings. The van der Waals surface area contributed by atoms with Gasteiger partial charge in [0.1, 0.15) is 29.7 Å². The van der Waals surface area contributed by atoms with Gasteiger partial charge >= 0.3 is 0 Å². The summed E-state index contributed by atoms with van der Waals surface area (Å²) in [6, 6.07) is 28.6. The number of nitrogens with zero attached hydrogens (tertiary/aromatic N) is 3. The van der Waals surface area contributed by atoms with E-state index in [0.29, 0.717) is 37.9 Å². The molecule has 4 aromatic carbocycles. The van der Waals surface area contributed by atoms with Crippen molar-refractivity contribution in [3.8, 4) is 23.1 Å². The van der Waals surface area contributed by atoms with Crippen molar-refractivity contribution in [2.45, 2.75) is 47.3 Å². The molecule has 53 heavy (non-hydrogen) atoms. The van der Waals surface area contributed by atoms with Crippen molar-refractivity contribution in [2.75, 3.05) is 32.8 Å². The SMILES string of the molecule is Cc1ccc(OCCc2ccc(CN3CCN(C(=O)/C=C/c4cc(C)c(Oc5ccc(OCc6ccc(F)cc6)cn5)c(C)c4)CC3)c(C)c2)cc1.Cl. The highest BCUT2D eigenvalue weighted by atomic mass is 35.5. The third-order valence-electron chi connectivity index (χ3n) is 9.30. The zero-order valence-corrected chi connectivity index (χ0v) is 31.6. The summed E-state index contributed by atoms with van der Waals surface area (Å²) < 4.78 is 31.0. The van der Waals surface area contributed by atoms with Gasteiger partial charge in [0.15, 0.2) is 0 Å². The number of piperazine rings is 1. The number of hydrogen-bond donors (Lipinski definition) is 0. The van der Waals surface area contributed by atoms with Crippen LogP contribution in [0.25, 0.3) is 6.08 Å². The van der Waals surface area contributed by atoms with E-state index in [4.69, 9.17) is 14.2 Å². The second-order valence-electron chi connectivity index (χ2n) is 13.4. The van der Waals surface area contributed by atoms with Crippen LogP contribution >= 0.6 is 12.4 Å². The Hall–Kier alpha value is -5.18. The van der Waals surface area contributed by atoms with Crippen LogP contribution in [0.1, 0.15) is 44.5 Å². The number of aryl methyl sites for hydroxylation is 4. The lowest BCUT2D eigenvalue weighted by molar-refractivity contribution is -0.127. The van der Waals surface area contributed by atoms with Gasteiger partial charge in [0.25, 0.3) is 0 Å². The molecule has 6 rings (SSSR count). The van der Waals surface area contributed by atoms with E-state index in [0.717, 1.165) is 59.8 Å². The van der Waals surface area contributed by atoms with E-state index in [1.54, 1.807) is 36.5 Å². The molecular weight excluding hydrogens is 689 g/mol. The number of rotatable bonds is 13. The first-order valence-electron chi connectivity index (χ1n) is 17.8. The van der Waals surface area contributed by atoms with Crippen LogP contribution in [-0.4, -0.2) is 53.5 Å². The Morgan fingerprint density at radius 1 is 0.774 bits per heavy atom. The first kappa shape index (κ1) is 39.0. The van der Waals surface area contributed by atoms with Gasteiger partial charge in [-0.2, -0.15) is 0 Å². The Morgan fingerprint density at radius 3 is 2.11 bits per heavy atom. The van der Waals surface area contributed by atoms with Crippen molar-refractivity contribution in [3.63, 3.8) is 0 Å². The molecule has 1 aromatic heterocycles. The summed E-state index contributed by atoms with van der Waals surface area (Å²) in [6.45, 7) is 13.1. The van der Waals surface area contributed by atoms with E-state index < -0.39 is 0 Å². The van der Waals surface area contributed by atoms with Crippen molar-refractivity contribution in [2.24, 2.45) is 0 Å². The molecule has 0 unspecified atom stereocenters. The van der Waals surface area contributed by atoms with Crippen LogP contribution in [0.2, 0.25) is 0 Å². The topological polar surface area (TPSA) is 64.1 Å². The van der Waals surface area contributed by atoms with Gasteiger partial charge in [0.05, 0.1) is 12.8 Å². The molecule has 0 radical (unpaired) electrons. The highest BCUT2D eigenvalue weighted by molar-refractivity contribution is 5.92. The fourth-order valence-electron chi connectivity index (χ4n) is 6.26. The van der Waals surface area contributed by atoms with Crippen molar-refractivity contribution >= 4 is 24.4 Å². The summed E-state index contributed by atoms with van der Waals surface area (Å²) in [4.78, 5) is 21.9.